The molecule has 3 heteroatoms. The molecule has 0 bridgehead atoms. The van der Waals surface area contributed by atoms with Gasteiger partial charge >= 0.3 is 0 Å². The molecular weight excluding hydrogens is 224 g/mol. The molecule has 18 heavy (non-hydrogen) atoms. The van der Waals surface area contributed by atoms with E-state index in [0.29, 0.717) is 6.04 Å². The van der Waals surface area contributed by atoms with Crippen LogP contribution in [0, 0.1) is 0 Å². The standard InChI is InChI=1S/C15H32N2O/c1-4-6-11-17(3)14-8-7-9-15(12-14,13-18)16-10-5-2/h14,16,18H,4-13H2,1-3H3. The molecule has 0 aliphatic heterocycles. The van der Waals surface area contributed by atoms with E-state index in [1.165, 1.54) is 32.2 Å². The maximum Gasteiger partial charge on any atom is 0.0613 e. The predicted molar refractivity (Wildman–Crippen MR) is 77.9 cm³/mol. The molecule has 0 radical (unpaired) electrons. The summed E-state index contributed by atoms with van der Waals surface area (Å²) in [6.07, 6.45) is 8.43. The second-order valence-electron chi connectivity index (χ2n) is 5.95. The summed E-state index contributed by atoms with van der Waals surface area (Å²) >= 11 is 0. The minimum absolute atomic E-state index is 0.0145. The highest BCUT2D eigenvalue weighted by Gasteiger charge is 2.36. The Morgan fingerprint density at radius 3 is 2.72 bits per heavy atom. The van der Waals surface area contributed by atoms with Crippen LogP contribution in [0.25, 0.3) is 0 Å². The Labute approximate surface area is 113 Å². The molecule has 1 fully saturated rings. The topological polar surface area (TPSA) is 35.5 Å². The van der Waals surface area contributed by atoms with Crippen molar-refractivity contribution in [3.63, 3.8) is 0 Å². The van der Waals surface area contributed by atoms with Crippen LogP contribution in [-0.4, -0.2) is 48.3 Å². The zero-order valence-corrected chi connectivity index (χ0v) is 12.5. The lowest BCUT2D eigenvalue weighted by atomic mass is 9.78. The van der Waals surface area contributed by atoms with Crippen LogP contribution in [0.5, 0.6) is 0 Å². The van der Waals surface area contributed by atoms with Gasteiger partial charge in [0, 0.05) is 11.6 Å². The van der Waals surface area contributed by atoms with Crippen LogP contribution in [0.2, 0.25) is 0 Å². The minimum Gasteiger partial charge on any atom is -0.394 e. The van der Waals surface area contributed by atoms with E-state index in [1.54, 1.807) is 0 Å². The van der Waals surface area contributed by atoms with Gasteiger partial charge in [0.15, 0.2) is 0 Å². The lowest BCUT2D eigenvalue weighted by molar-refractivity contribution is 0.0693. The van der Waals surface area contributed by atoms with Crippen LogP contribution in [-0.2, 0) is 0 Å². The number of hydrogen-bond acceptors (Lipinski definition) is 3. The zero-order valence-electron chi connectivity index (χ0n) is 12.5. The Morgan fingerprint density at radius 2 is 2.11 bits per heavy atom. The first-order chi connectivity index (χ1) is 8.67. The molecule has 0 heterocycles. The van der Waals surface area contributed by atoms with Crippen molar-refractivity contribution in [1.82, 2.24) is 10.2 Å². The van der Waals surface area contributed by atoms with E-state index in [2.05, 4.69) is 31.1 Å². The minimum atomic E-state index is -0.0145. The Hall–Kier alpha value is -0.120. The molecule has 2 atom stereocenters. The van der Waals surface area contributed by atoms with E-state index in [0.717, 1.165) is 25.8 Å². The number of nitrogens with one attached hydrogen (secondary N) is 1. The summed E-state index contributed by atoms with van der Waals surface area (Å²) in [6, 6.07) is 0.641. The molecule has 0 aromatic carbocycles. The van der Waals surface area contributed by atoms with Crippen molar-refractivity contribution < 1.29 is 5.11 Å². The molecule has 0 aromatic heterocycles. The lowest BCUT2D eigenvalue weighted by Gasteiger charge is -2.43. The fourth-order valence-electron chi connectivity index (χ4n) is 3.05. The highest BCUT2D eigenvalue weighted by molar-refractivity contribution is 4.95. The van der Waals surface area contributed by atoms with Gasteiger partial charge in [-0.25, -0.2) is 0 Å². The summed E-state index contributed by atoms with van der Waals surface area (Å²) in [5.74, 6) is 0. The molecule has 1 aliphatic rings. The lowest BCUT2D eigenvalue weighted by Crippen LogP contribution is -2.55. The predicted octanol–water partition coefficient (Wildman–Crippen LogP) is 2.39. The van der Waals surface area contributed by atoms with Crippen molar-refractivity contribution in [2.24, 2.45) is 0 Å². The quantitative estimate of drug-likeness (QED) is 0.700. The fraction of sp³-hybridized carbons (Fsp3) is 1.00. The van der Waals surface area contributed by atoms with Crippen LogP contribution in [0.1, 0.15) is 58.8 Å². The smallest absolute Gasteiger partial charge is 0.0613 e. The molecule has 1 aliphatic carbocycles. The maximum absolute atomic E-state index is 9.76. The molecule has 2 N–H and O–H groups in total. The summed E-state index contributed by atoms with van der Waals surface area (Å²) in [6.45, 7) is 6.93. The molecule has 108 valence electrons. The first-order valence-corrected chi connectivity index (χ1v) is 7.73. The van der Waals surface area contributed by atoms with Gasteiger partial charge in [0.05, 0.1) is 6.61 Å². The van der Waals surface area contributed by atoms with Gasteiger partial charge < -0.3 is 15.3 Å². The van der Waals surface area contributed by atoms with Crippen LogP contribution in [0.15, 0.2) is 0 Å². The van der Waals surface area contributed by atoms with Gasteiger partial charge in [-0.2, -0.15) is 0 Å². The van der Waals surface area contributed by atoms with E-state index in [9.17, 15) is 5.11 Å². The molecular formula is C15H32N2O. The summed E-state index contributed by atoms with van der Waals surface area (Å²) in [7, 11) is 2.24. The Morgan fingerprint density at radius 1 is 1.33 bits per heavy atom. The van der Waals surface area contributed by atoms with Crippen molar-refractivity contribution >= 4 is 0 Å². The molecule has 1 saturated carbocycles. The SMILES string of the molecule is CCCCN(C)C1CCCC(CO)(NCCC)C1. The highest BCUT2D eigenvalue weighted by atomic mass is 16.3. The number of nitrogens with zero attached hydrogens (tertiary/aromatic N) is 1. The average molecular weight is 256 g/mol. The second-order valence-corrected chi connectivity index (χ2v) is 5.95. The monoisotopic (exact) mass is 256 g/mol. The molecule has 0 aromatic rings. The molecule has 1 rings (SSSR count). The van der Waals surface area contributed by atoms with Crippen molar-refractivity contribution in [2.45, 2.75) is 70.4 Å². The number of rotatable bonds is 8. The van der Waals surface area contributed by atoms with Crippen LogP contribution >= 0.6 is 0 Å². The first-order valence-electron chi connectivity index (χ1n) is 7.73. The third-order valence-electron chi connectivity index (χ3n) is 4.36. The van der Waals surface area contributed by atoms with Crippen molar-refractivity contribution in [3.05, 3.63) is 0 Å². The first kappa shape index (κ1) is 15.9. The van der Waals surface area contributed by atoms with Gasteiger partial charge in [-0.1, -0.05) is 20.3 Å². The Kier molecular flexibility index (Phi) is 7.20. The molecule has 2 unspecified atom stereocenters. The number of aliphatic hydroxyl groups is 1. The van der Waals surface area contributed by atoms with E-state index in [-0.39, 0.29) is 12.1 Å². The van der Waals surface area contributed by atoms with E-state index >= 15 is 0 Å². The molecule has 3 nitrogen and oxygen atoms in total. The van der Waals surface area contributed by atoms with Crippen LogP contribution in [0.3, 0.4) is 0 Å². The number of hydrogen-bond donors (Lipinski definition) is 2. The summed E-state index contributed by atoms with van der Waals surface area (Å²) in [5, 5.41) is 13.4. The summed E-state index contributed by atoms with van der Waals surface area (Å²) < 4.78 is 0. The van der Waals surface area contributed by atoms with E-state index in [4.69, 9.17) is 0 Å². The highest BCUT2D eigenvalue weighted by Crippen LogP contribution is 2.30. The molecule has 0 amide bonds. The van der Waals surface area contributed by atoms with Crippen molar-refractivity contribution in [1.29, 1.82) is 0 Å². The number of unbranched alkanes of at least 4 members (excludes halogenated alkanes) is 1. The van der Waals surface area contributed by atoms with Gasteiger partial charge in [-0.3, -0.25) is 0 Å². The second kappa shape index (κ2) is 8.13. The third kappa shape index (κ3) is 4.52. The zero-order chi connectivity index (χ0) is 13.4. The van der Waals surface area contributed by atoms with Gasteiger partial charge in [-0.05, 0) is 58.7 Å². The van der Waals surface area contributed by atoms with Gasteiger partial charge in [0.25, 0.3) is 0 Å². The largest absolute Gasteiger partial charge is 0.394 e. The van der Waals surface area contributed by atoms with Crippen molar-refractivity contribution in [3.8, 4) is 0 Å². The molecule has 0 saturated heterocycles. The van der Waals surface area contributed by atoms with E-state index < -0.39 is 0 Å². The van der Waals surface area contributed by atoms with Gasteiger partial charge in [0.2, 0.25) is 0 Å². The maximum atomic E-state index is 9.76. The van der Waals surface area contributed by atoms with E-state index in [1.807, 2.05) is 0 Å². The average Bonchev–Trinajstić information content (AvgIpc) is 2.42. The Bertz CT molecular complexity index is 223. The van der Waals surface area contributed by atoms with Crippen LogP contribution in [0.4, 0.5) is 0 Å². The van der Waals surface area contributed by atoms with Crippen LogP contribution < -0.4 is 5.32 Å². The molecule has 0 spiro atoms. The summed E-state index contributed by atoms with van der Waals surface area (Å²) in [5.41, 5.74) is -0.0145. The van der Waals surface area contributed by atoms with Gasteiger partial charge in [-0.15, -0.1) is 0 Å². The third-order valence-corrected chi connectivity index (χ3v) is 4.36. The number of aliphatic hydroxyl groups excluding tert-OH is 1. The Balaban J connectivity index is 2.51. The van der Waals surface area contributed by atoms with Gasteiger partial charge in [0.1, 0.15) is 0 Å². The fourth-order valence-corrected chi connectivity index (χ4v) is 3.05. The van der Waals surface area contributed by atoms with Crippen molar-refractivity contribution in [2.75, 3.05) is 26.7 Å². The summed E-state index contributed by atoms with van der Waals surface area (Å²) in [4.78, 5) is 2.50. The normalized spacial score (nSPS) is 28.8.